The van der Waals surface area contributed by atoms with Crippen LogP contribution in [0.4, 0.5) is 0 Å². The summed E-state index contributed by atoms with van der Waals surface area (Å²) in [5, 5.41) is 18.2. The average Bonchev–Trinajstić information content (AvgIpc) is 3.03. The van der Waals surface area contributed by atoms with Gasteiger partial charge in [-0.3, -0.25) is 5.10 Å². The molecule has 0 amide bonds. The summed E-state index contributed by atoms with van der Waals surface area (Å²) in [5.74, 6) is 1.63. The Morgan fingerprint density at radius 2 is 2.44 bits per heavy atom. The van der Waals surface area contributed by atoms with Crippen LogP contribution in [0.3, 0.4) is 0 Å². The quantitative estimate of drug-likeness (QED) is 0.648. The van der Waals surface area contributed by atoms with Gasteiger partial charge in [-0.25, -0.2) is 4.98 Å². The van der Waals surface area contributed by atoms with Gasteiger partial charge in [0, 0.05) is 17.1 Å². The summed E-state index contributed by atoms with van der Waals surface area (Å²) in [6.45, 7) is 0. The van der Waals surface area contributed by atoms with Gasteiger partial charge in [-0.1, -0.05) is 17.8 Å². The van der Waals surface area contributed by atoms with Gasteiger partial charge in [0.1, 0.15) is 5.82 Å². The molecule has 1 N–H and O–H groups in total. The number of nitriles is 1. The molecule has 6 heteroatoms. The topological polar surface area (TPSA) is 65.4 Å². The van der Waals surface area contributed by atoms with Crippen LogP contribution in [0.5, 0.6) is 0 Å². The number of rotatable bonds is 6. The normalized spacial score (nSPS) is 10.8. The van der Waals surface area contributed by atoms with Gasteiger partial charge in [0.25, 0.3) is 0 Å². The standard InChI is InChI=1S/C12H12N4S2/c13-7-1-2-8-18-12-14-11(15-16-12)6-5-10-4-3-9-17-10/h3-6,9H,1-2,8H2,(H,14,15,16)/b6-5+. The van der Waals surface area contributed by atoms with Crippen molar-refractivity contribution in [2.75, 3.05) is 5.75 Å². The summed E-state index contributed by atoms with van der Waals surface area (Å²) in [5.41, 5.74) is 0. The van der Waals surface area contributed by atoms with E-state index in [1.165, 1.54) is 4.88 Å². The third-order valence-electron chi connectivity index (χ3n) is 2.09. The summed E-state index contributed by atoms with van der Waals surface area (Å²) < 4.78 is 0. The number of aromatic amines is 1. The molecule has 0 aromatic carbocycles. The van der Waals surface area contributed by atoms with Crippen LogP contribution in [-0.4, -0.2) is 20.9 Å². The Bertz CT molecular complexity index is 537. The van der Waals surface area contributed by atoms with Gasteiger partial charge in [0.15, 0.2) is 0 Å². The lowest BCUT2D eigenvalue weighted by Crippen LogP contribution is -1.81. The van der Waals surface area contributed by atoms with Crippen LogP contribution >= 0.6 is 23.1 Å². The Balaban J connectivity index is 1.84. The number of nitrogens with one attached hydrogen (secondary N) is 1. The average molecular weight is 276 g/mol. The van der Waals surface area contributed by atoms with Gasteiger partial charge in [-0.15, -0.1) is 16.4 Å². The van der Waals surface area contributed by atoms with Gasteiger partial charge in [-0.05, 0) is 30.0 Å². The minimum Gasteiger partial charge on any atom is -0.259 e. The molecule has 2 aromatic rings. The molecule has 0 radical (unpaired) electrons. The lowest BCUT2D eigenvalue weighted by Gasteiger charge is -1.90. The monoisotopic (exact) mass is 276 g/mol. The fourth-order valence-corrected chi connectivity index (χ4v) is 2.62. The van der Waals surface area contributed by atoms with Gasteiger partial charge in [0.05, 0.1) is 6.07 Å². The van der Waals surface area contributed by atoms with Crippen LogP contribution in [0.1, 0.15) is 23.5 Å². The van der Waals surface area contributed by atoms with E-state index in [9.17, 15) is 0 Å². The molecule has 4 nitrogen and oxygen atoms in total. The Morgan fingerprint density at radius 1 is 1.50 bits per heavy atom. The second kappa shape index (κ2) is 6.99. The molecule has 0 spiro atoms. The van der Waals surface area contributed by atoms with E-state index in [-0.39, 0.29) is 0 Å². The third-order valence-corrected chi connectivity index (χ3v) is 3.87. The molecular formula is C12H12N4S2. The third kappa shape index (κ3) is 4.02. The summed E-state index contributed by atoms with van der Waals surface area (Å²) in [6.07, 6.45) is 5.38. The highest BCUT2D eigenvalue weighted by molar-refractivity contribution is 7.99. The summed E-state index contributed by atoms with van der Waals surface area (Å²) in [7, 11) is 0. The molecule has 0 fully saturated rings. The molecule has 2 rings (SSSR count). The van der Waals surface area contributed by atoms with Crippen molar-refractivity contribution in [3.63, 3.8) is 0 Å². The van der Waals surface area contributed by atoms with Gasteiger partial charge in [-0.2, -0.15) is 5.26 Å². The molecule has 0 aliphatic rings. The van der Waals surface area contributed by atoms with Crippen LogP contribution in [0, 0.1) is 11.3 Å². The lowest BCUT2D eigenvalue weighted by molar-refractivity contribution is 0.949. The molecule has 0 saturated carbocycles. The van der Waals surface area contributed by atoms with E-state index in [0.29, 0.717) is 6.42 Å². The lowest BCUT2D eigenvalue weighted by atomic mass is 10.4. The fourth-order valence-electron chi connectivity index (χ4n) is 1.26. The van der Waals surface area contributed by atoms with Crippen molar-refractivity contribution in [2.45, 2.75) is 18.0 Å². The first-order valence-corrected chi connectivity index (χ1v) is 7.39. The molecule has 2 aromatic heterocycles. The summed E-state index contributed by atoms with van der Waals surface area (Å²) >= 11 is 3.25. The molecule has 92 valence electrons. The summed E-state index contributed by atoms with van der Waals surface area (Å²) in [6, 6.07) is 6.19. The number of aromatic nitrogens is 3. The van der Waals surface area contributed by atoms with Crippen molar-refractivity contribution in [3.05, 3.63) is 28.2 Å². The zero-order chi connectivity index (χ0) is 12.6. The van der Waals surface area contributed by atoms with E-state index in [1.54, 1.807) is 23.1 Å². The number of nitrogens with zero attached hydrogens (tertiary/aromatic N) is 3. The maximum absolute atomic E-state index is 8.42. The van der Waals surface area contributed by atoms with Crippen molar-refractivity contribution in [1.82, 2.24) is 15.2 Å². The first-order chi connectivity index (χ1) is 8.88. The summed E-state index contributed by atoms with van der Waals surface area (Å²) in [4.78, 5) is 5.53. The Labute approximate surface area is 114 Å². The maximum atomic E-state index is 8.42. The number of thioether (sulfide) groups is 1. The molecule has 0 aliphatic carbocycles. The highest BCUT2D eigenvalue weighted by atomic mass is 32.2. The predicted molar refractivity (Wildman–Crippen MR) is 75.2 cm³/mol. The van der Waals surface area contributed by atoms with Crippen LogP contribution in [-0.2, 0) is 0 Å². The number of hydrogen-bond acceptors (Lipinski definition) is 5. The molecule has 18 heavy (non-hydrogen) atoms. The first-order valence-electron chi connectivity index (χ1n) is 5.52. The number of unbranched alkanes of at least 4 members (excludes halogenated alkanes) is 1. The van der Waals surface area contributed by atoms with Crippen molar-refractivity contribution in [1.29, 1.82) is 5.26 Å². The van der Waals surface area contributed by atoms with Crippen molar-refractivity contribution in [3.8, 4) is 6.07 Å². The van der Waals surface area contributed by atoms with E-state index < -0.39 is 0 Å². The van der Waals surface area contributed by atoms with Crippen molar-refractivity contribution in [2.24, 2.45) is 0 Å². The van der Waals surface area contributed by atoms with Crippen LogP contribution < -0.4 is 0 Å². The molecule has 2 heterocycles. The second-order valence-corrected chi connectivity index (χ2v) is 5.50. The Morgan fingerprint density at radius 3 is 3.22 bits per heavy atom. The largest absolute Gasteiger partial charge is 0.259 e. The highest BCUT2D eigenvalue weighted by Crippen LogP contribution is 2.16. The fraction of sp³-hybridized carbons (Fsp3) is 0.250. The maximum Gasteiger partial charge on any atom is 0.208 e. The molecule has 0 saturated heterocycles. The van der Waals surface area contributed by atoms with Crippen LogP contribution in [0.2, 0.25) is 0 Å². The number of H-pyrrole nitrogens is 1. The van der Waals surface area contributed by atoms with E-state index in [1.807, 2.05) is 23.6 Å². The van der Waals surface area contributed by atoms with Gasteiger partial charge in [0.2, 0.25) is 5.16 Å². The van der Waals surface area contributed by atoms with E-state index >= 15 is 0 Å². The molecular weight excluding hydrogens is 264 g/mol. The van der Waals surface area contributed by atoms with E-state index in [0.717, 1.165) is 23.2 Å². The van der Waals surface area contributed by atoms with E-state index in [4.69, 9.17) is 5.26 Å². The zero-order valence-electron chi connectivity index (χ0n) is 9.67. The second-order valence-electron chi connectivity index (χ2n) is 3.46. The molecule has 0 atom stereocenters. The number of thiophene rings is 1. The smallest absolute Gasteiger partial charge is 0.208 e. The minimum atomic E-state index is 0.586. The zero-order valence-corrected chi connectivity index (χ0v) is 11.3. The SMILES string of the molecule is N#CCCCSc1n[nH]c(/C=C/c2cccs2)n1. The number of hydrogen-bond donors (Lipinski definition) is 1. The molecule has 0 unspecified atom stereocenters. The van der Waals surface area contributed by atoms with Crippen molar-refractivity contribution >= 4 is 35.3 Å². The Hall–Kier alpha value is -1.58. The highest BCUT2D eigenvalue weighted by Gasteiger charge is 2.01. The predicted octanol–water partition coefficient (Wildman–Crippen LogP) is 3.43. The van der Waals surface area contributed by atoms with Gasteiger partial charge < -0.3 is 0 Å². The van der Waals surface area contributed by atoms with E-state index in [2.05, 4.69) is 27.3 Å². The minimum absolute atomic E-state index is 0.586. The Kier molecular flexibility index (Phi) is 5.00. The van der Waals surface area contributed by atoms with Crippen LogP contribution in [0.15, 0.2) is 22.7 Å². The molecule has 0 aliphatic heterocycles. The molecule has 0 bridgehead atoms. The first kappa shape index (κ1) is 12.9. The van der Waals surface area contributed by atoms with Gasteiger partial charge >= 0.3 is 0 Å². The van der Waals surface area contributed by atoms with Crippen LogP contribution in [0.25, 0.3) is 12.2 Å². The van der Waals surface area contributed by atoms with Crippen molar-refractivity contribution < 1.29 is 0 Å².